The number of amides is 3. The van der Waals surface area contributed by atoms with Crippen LogP contribution in [0.15, 0.2) is 215 Å². The van der Waals surface area contributed by atoms with Gasteiger partial charge in [-0.05, 0) is 219 Å². The Kier molecular flexibility index (Phi) is 30.0. The van der Waals surface area contributed by atoms with Gasteiger partial charge in [-0.2, -0.15) is 4.37 Å². The van der Waals surface area contributed by atoms with Crippen LogP contribution in [-0.2, 0) is 57.1 Å². The van der Waals surface area contributed by atoms with Crippen molar-refractivity contribution in [3.63, 3.8) is 0 Å². The van der Waals surface area contributed by atoms with E-state index in [9.17, 15) is 42.5 Å². The van der Waals surface area contributed by atoms with Gasteiger partial charge in [0.05, 0.1) is 50.8 Å². The smallest absolute Gasteiger partial charge is 0.417 e. The summed E-state index contributed by atoms with van der Waals surface area (Å²) in [5.74, 6) is 3.27. The number of nitro groups is 1. The topological polar surface area (TPSA) is 286 Å². The second-order valence-corrected chi connectivity index (χ2v) is 34.8. The number of oxazole rings is 1. The lowest BCUT2D eigenvalue weighted by molar-refractivity contribution is -0.384. The molecule has 2 aromatic heterocycles. The zero-order chi connectivity index (χ0) is 85.7. The Bertz CT molecular complexity index is 5770. The number of carbonyl (C=O) groups excluding carboxylic acids is 4. The van der Waals surface area contributed by atoms with E-state index in [1.165, 1.54) is 52.1 Å². The monoisotopic (exact) mass is 1700 g/mol. The average Bonchev–Trinajstić information content (AvgIpc) is 1.05. The highest BCUT2D eigenvalue weighted by Gasteiger charge is 2.40. The molecule has 0 radical (unpaired) electrons. The van der Waals surface area contributed by atoms with E-state index in [1.54, 1.807) is 76.5 Å². The third-order valence-corrected chi connectivity index (χ3v) is 26.5. The number of carbonyl (C=O) groups is 4. The minimum atomic E-state index is -3.22. The summed E-state index contributed by atoms with van der Waals surface area (Å²) in [6.45, 7) is 23.1. The van der Waals surface area contributed by atoms with Crippen LogP contribution in [0.5, 0.6) is 17.2 Å². The number of H-pyrrole nitrogens is 1. The third kappa shape index (κ3) is 23.0. The van der Waals surface area contributed by atoms with Crippen molar-refractivity contribution in [3.8, 4) is 17.2 Å². The lowest BCUT2D eigenvalue weighted by Gasteiger charge is -2.42. The average molecular weight is 1710 g/mol. The number of benzene rings is 9. The molecular weight excluding hydrogens is 1600 g/mol. The quantitative estimate of drug-likeness (QED) is 0.0211. The number of urea groups is 1. The molecular formula is C95H102ClN11O13S2. The number of piperidine rings is 2. The molecule has 0 spiro atoms. The first kappa shape index (κ1) is 88.0. The van der Waals surface area contributed by atoms with E-state index in [2.05, 4.69) is 107 Å². The second kappa shape index (κ2) is 41.6. The number of anilines is 2. The molecule has 3 fully saturated rings. The van der Waals surface area contributed by atoms with Crippen molar-refractivity contribution in [2.24, 2.45) is 5.92 Å². The van der Waals surface area contributed by atoms with Crippen LogP contribution in [-0.4, -0.2) is 152 Å². The molecule has 122 heavy (non-hydrogen) atoms. The summed E-state index contributed by atoms with van der Waals surface area (Å²) in [5.41, 5.74) is 12.8. The fourth-order valence-corrected chi connectivity index (χ4v) is 18.8. The number of piperazine rings is 1. The molecule has 0 saturated carbocycles. The molecule has 3 saturated heterocycles. The van der Waals surface area contributed by atoms with Crippen molar-refractivity contribution < 1.29 is 51.1 Å². The number of rotatable bonds is 27. The van der Waals surface area contributed by atoms with Gasteiger partial charge in [-0.25, -0.2) is 27.2 Å². The zero-order valence-corrected chi connectivity index (χ0v) is 71.5. The van der Waals surface area contributed by atoms with Gasteiger partial charge in [-0.3, -0.25) is 34.4 Å². The van der Waals surface area contributed by atoms with Gasteiger partial charge >= 0.3 is 11.8 Å². The molecule has 24 nitrogen and oxygen atoms in total. The van der Waals surface area contributed by atoms with Gasteiger partial charge in [-0.15, -0.1) is 0 Å². The highest BCUT2D eigenvalue weighted by atomic mass is 35.5. The Labute approximate surface area is 720 Å². The Morgan fingerprint density at radius 3 is 2.19 bits per heavy atom. The van der Waals surface area contributed by atoms with E-state index < -0.39 is 32.8 Å². The van der Waals surface area contributed by atoms with Gasteiger partial charge in [0.2, 0.25) is 16.8 Å². The Hall–Kier alpha value is -11.8. The lowest BCUT2D eigenvalue weighted by Crippen LogP contribution is -2.50. The number of sulfonamides is 1. The van der Waals surface area contributed by atoms with E-state index in [0.717, 1.165) is 147 Å². The normalized spacial score (nSPS) is 15.3. The first-order valence-corrected chi connectivity index (χ1v) is 44.2. The number of nitrogens with one attached hydrogen (secondary N) is 4. The highest BCUT2D eigenvalue weighted by molar-refractivity contribution is 7.89. The molecule has 634 valence electrons. The minimum Gasteiger partial charge on any atom is -0.495 e. The van der Waals surface area contributed by atoms with Gasteiger partial charge in [0, 0.05) is 94.6 Å². The van der Waals surface area contributed by atoms with Crippen LogP contribution in [0.4, 0.5) is 22.0 Å². The summed E-state index contributed by atoms with van der Waals surface area (Å²) in [4.78, 5) is 86.6. The number of halogens is 1. The number of non-ortho nitro benzene ring substituents is 1. The summed E-state index contributed by atoms with van der Waals surface area (Å²) in [6.07, 6.45) is 11.5. The highest BCUT2D eigenvalue weighted by Crippen LogP contribution is 2.39. The molecule has 1 atom stereocenters. The molecule has 1 aliphatic carbocycles. The first-order valence-electron chi connectivity index (χ1n) is 41.5. The third-order valence-electron chi connectivity index (χ3n) is 23.3. The number of nitro benzene ring substituents is 1. The largest absolute Gasteiger partial charge is 0.495 e. The molecule has 0 bridgehead atoms. The number of ether oxygens (including phenoxy) is 3. The predicted octanol–water partition coefficient (Wildman–Crippen LogP) is 16.9. The van der Waals surface area contributed by atoms with Gasteiger partial charge < -0.3 is 44.4 Å². The van der Waals surface area contributed by atoms with Crippen LogP contribution in [0.2, 0.25) is 5.02 Å². The number of hydrogen-bond acceptors (Lipinski definition) is 18. The van der Waals surface area contributed by atoms with E-state index in [4.69, 9.17) is 41.2 Å². The van der Waals surface area contributed by atoms with E-state index >= 15 is 0 Å². The number of ketones is 2. The number of Topliss-reactive ketones (excluding diaryl/α,β-unsaturated/α-hetero) is 2. The SMILES string of the molecule is CCCS(=O)(=O)N1CCC(CNC(=O)c2ccccc2Cl)(c2ccccc2)CC1.COc1ccc([N+](=O)[O-])cc1NC(=O)N[C@@H](C(=O)Cc1ccc(C)c(C)c1)c1ccccc1.O=C(CCN1CCC(Cc2ccc3c(c2)OCO3)CC1)Cc1ccc2[nH]c(=O)oc2c1.[C-]#[N+]C1=CCc2ccc(CCCN3CCN(c4nsc5ccccc45)CC3)cc21. The second-order valence-electron chi connectivity index (χ2n) is 31.5. The van der Waals surface area contributed by atoms with Crippen molar-refractivity contribution in [3.05, 3.63) is 305 Å². The van der Waals surface area contributed by atoms with Crippen molar-refractivity contribution >= 4 is 101 Å². The zero-order valence-electron chi connectivity index (χ0n) is 69.1. The number of allylic oxidation sites excluding steroid dienone is 1. The van der Waals surface area contributed by atoms with Crippen LogP contribution in [0.25, 0.3) is 31.7 Å². The first-order chi connectivity index (χ1) is 59.1. The molecule has 16 rings (SSSR count). The van der Waals surface area contributed by atoms with Gasteiger partial charge in [-0.1, -0.05) is 158 Å². The van der Waals surface area contributed by atoms with Crippen LogP contribution < -0.4 is 40.8 Å². The van der Waals surface area contributed by atoms with Crippen molar-refractivity contribution in [2.75, 3.05) is 102 Å². The number of aromatic amines is 1. The summed E-state index contributed by atoms with van der Waals surface area (Å²) >= 11 is 7.76. The number of aryl methyl sites for hydroxylation is 3. The molecule has 4 N–H and O–H groups in total. The fourth-order valence-electron chi connectivity index (χ4n) is 16.3. The van der Waals surface area contributed by atoms with Gasteiger partial charge in [0.15, 0.2) is 28.6 Å². The number of hydrogen-bond donors (Lipinski definition) is 4. The standard InChI is InChI=1S/C25H25N3O5.C24H24N4S.C24H26N2O5.C22H27ClN2O3S/c1-16-9-10-18(13-17(16)2)14-22(29)24(19-7-5-4-6-8-19)27-25(30)26-21-15-20(28(31)32)11-12-23(21)33-3;1-25-22-11-10-19-9-8-18(17-21(19)22)5-4-12-27-13-15-28(16-14-27)24-20-6-2-3-7-23(20)29-26-24;27-19(12-18-1-3-20-22(13-18)31-24(28)25-20)7-10-26-8-5-16(6-9-26)11-17-2-4-21-23(14-17)30-15-29-21;1-2-16-29(27,28)25-14-12-22(13-15-25,18-8-4-3-5-9-18)17-24-21(26)19-10-6-7-11-20(19)23/h4-13,15,24H,14H2,1-3H3,(H2,26,27,30);2-3,6-9,11,17H,4-5,10,12-16H2;1-4,13-14,16H,5-12,15H2,(H,25,28);3-11H,2,12-17H2,1H3,(H,24,26)/t24-;;;/m1.../s1. The van der Waals surface area contributed by atoms with E-state index in [0.29, 0.717) is 91.7 Å². The van der Waals surface area contributed by atoms with E-state index in [-0.39, 0.29) is 52.2 Å². The minimum absolute atomic E-state index is 0.123. The molecule has 9 aromatic carbocycles. The Balaban J connectivity index is 0.000000140. The maximum atomic E-state index is 13.2. The van der Waals surface area contributed by atoms with Crippen LogP contribution >= 0.6 is 23.1 Å². The predicted molar refractivity (Wildman–Crippen MR) is 479 cm³/mol. The number of likely N-dealkylation sites (tertiary alicyclic amines) is 1. The molecule has 6 heterocycles. The lowest BCUT2D eigenvalue weighted by atomic mass is 9.73. The summed E-state index contributed by atoms with van der Waals surface area (Å²) < 4.78 is 53.6. The maximum absolute atomic E-state index is 13.2. The van der Waals surface area contributed by atoms with Crippen molar-refractivity contribution in [1.82, 2.24) is 34.1 Å². The molecule has 11 aromatic rings. The van der Waals surface area contributed by atoms with E-state index in [1.807, 2.05) is 81.4 Å². The fraction of sp³-hybridized carbons (Fsp3) is 0.337. The number of aromatic nitrogens is 2. The van der Waals surface area contributed by atoms with Crippen LogP contribution in [0, 0.1) is 36.5 Å². The van der Waals surface area contributed by atoms with Crippen molar-refractivity contribution in [1.29, 1.82) is 0 Å². The molecule has 3 amide bonds. The molecule has 0 unspecified atom stereocenters. The molecule has 4 aliphatic heterocycles. The summed E-state index contributed by atoms with van der Waals surface area (Å²) in [5, 5.41) is 21.1. The van der Waals surface area contributed by atoms with Crippen molar-refractivity contribution in [2.45, 2.75) is 109 Å². The summed E-state index contributed by atoms with van der Waals surface area (Å²) in [7, 11) is -1.82. The Morgan fingerprint density at radius 2 is 1.45 bits per heavy atom. The molecule has 5 aliphatic rings. The summed E-state index contributed by atoms with van der Waals surface area (Å²) in [6, 6.07) is 60.9. The molecule has 27 heteroatoms. The van der Waals surface area contributed by atoms with Gasteiger partial charge in [0.25, 0.3) is 11.6 Å². The maximum Gasteiger partial charge on any atom is 0.417 e. The van der Waals surface area contributed by atoms with Crippen LogP contribution in [0.3, 0.4) is 0 Å². The Morgan fingerprint density at radius 1 is 0.754 bits per heavy atom. The number of nitrogens with zero attached hydrogens (tertiary/aromatic N) is 7. The van der Waals surface area contributed by atoms with Crippen LogP contribution in [0.1, 0.15) is 124 Å². The number of fused-ring (bicyclic) bond motifs is 4. The number of methoxy groups -OCH3 is 1. The van der Waals surface area contributed by atoms with Gasteiger partial charge in [0.1, 0.15) is 23.4 Å².